The molecule has 0 radical (unpaired) electrons. The van der Waals surface area contributed by atoms with Crippen LogP contribution in [0.2, 0.25) is 0 Å². The van der Waals surface area contributed by atoms with Gasteiger partial charge in [-0.1, -0.05) is 0 Å². The van der Waals surface area contributed by atoms with E-state index in [1.807, 2.05) is 0 Å². The summed E-state index contributed by atoms with van der Waals surface area (Å²) < 4.78 is 5.02. The van der Waals surface area contributed by atoms with E-state index in [0.29, 0.717) is 11.4 Å². The first-order chi connectivity index (χ1) is 8.20. The zero-order chi connectivity index (χ0) is 12.3. The number of nitrogens with zero attached hydrogens (tertiary/aromatic N) is 3. The Morgan fingerprint density at radius 2 is 2.00 bits per heavy atom. The van der Waals surface area contributed by atoms with Crippen molar-refractivity contribution >= 4 is 5.97 Å². The van der Waals surface area contributed by atoms with Gasteiger partial charge in [-0.05, 0) is 24.3 Å². The molecule has 0 saturated carbocycles. The smallest absolute Gasteiger partial charge is 0.375 e. The molecule has 2 aromatic rings. The fourth-order valence-corrected chi connectivity index (χ4v) is 1.30. The van der Waals surface area contributed by atoms with E-state index in [0.717, 1.165) is 5.56 Å². The number of carbonyl (C=O) groups is 1. The second-order valence-electron chi connectivity index (χ2n) is 3.20. The van der Waals surface area contributed by atoms with E-state index in [4.69, 9.17) is 9.84 Å². The number of aromatic carboxylic acids is 1. The van der Waals surface area contributed by atoms with Crippen molar-refractivity contribution < 1.29 is 14.6 Å². The van der Waals surface area contributed by atoms with Gasteiger partial charge in [0.05, 0.1) is 19.0 Å². The number of carboxylic acids is 1. The third-order valence-electron chi connectivity index (χ3n) is 2.14. The summed E-state index contributed by atoms with van der Waals surface area (Å²) >= 11 is 0. The Labute approximate surface area is 96.9 Å². The van der Waals surface area contributed by atoms with Crippen LogP contribution in [0.3, 0.4) is 0 Å². The molecule has 1 aromatic heterocycles. The number of benzene rings is 1. The molecule has 0 saturated heterocycles. The molecule has 1 aromatic carbocycles. The van der Waals surface area contributed by atoms with E-state index in [-0.39, 0.29) is 5.82 Å². The molecule has 6 nitrogen and oxygen atoms in total. The van der Waals surface area contributed by atoms with E-state index in [2.05, 4.69) is 15.2 Å². The fraction of sp³-hybridized carbons (Fsp3) is 0.0909. The van der Waals surface area contributed by atoms with Gasteiger partial charge in [0.25, 0.3) is 5.82 Å². The molecular weight excluding hydrogens is 222 g/mol. The third-order valence-corrected chi connectivity index (χ3v) is 2.14. The van der Waals surface area contributed by atoms with E-state index >= 15 is 0 Å². The lowest BCUT2D eigenvalue weighted by molar-refractivity contribution is 0.0682. The fourth-order valence-electron chi connectivity index (χ4n) is 1.30. The average Bonchev–Trinajstić information content (AvgIpc) is 2.39. The molecule has 2 rings (SSSR count). The molecule has 17 heavy (non-hydrogen) atoms. The first kappa shape index (κ1) is 11.0. The van der Waals surface area contributed by atoms with Crippen LogP contribution in [-0.4, -0.2) is 33.4 Å². The molecule has 1 N–H and O–H groups in total. The van der Waals surface area contributed by atoms with Crippen LogP contribution in [0, 0.1) is 0 Å². The predicted octanol–water partition coefficient (Wildman–Crippen LogP) is 1.25. The van der Waals surface area contributed by atoms with Gasteiger partial charge in [-0.25, -0.2) is 9.78 Å². The maximum Gasteiger partial charge on any atom is 0.375 e. The van der Waals surface area contributed by atoms with Crippen LogP contribution in [0.15, 0.2) is 30.5 Å². The zero-order valence-corrected chi connectivity index (χ0v) is 8.99. The summed E-state index contributed by atoms with van der Waals surface area (Å²) in [4.78, 5) is 14.6. The molecule has 0 atom stereocenters. The molecule has 86 valence electrons. The van der Waals surface area contributed by atoms with Crippen molar-refractivity contribution in [1.29, 1.82) is 0 Å². The Kier molecular flexibility index (Phi) is 2.95. The summed E-state index contributed by atoms with van der Waals surface area (Å²) in [5.74, 6) is -0.805. The predicted molar refractivity (Wildman–Crippen MR) is 58.8 cm³/mol. The van der Waals surface area contributed by atoms with Gasteiger partial charge in [0.2, 0.25) is 0 Å². The quantitative estimate of drug-likeness (QED) is 0.855. The molecule has 0 aliphatic heterocycles. The van der Waals surface area contributed by atoms with Crippen LogP contribution in [-0.2, 0) is 0 Å². The Balaban J connectivity index is 2.38. The number of carboxylic acid groups (broad SMARTS) is 1. The lowest BCUT2D eigenvalue weighted by atomic mass is 10.1. The molecule has 0 amide bonds. The zero-order valence-electron chi connectivity index (χ0n) is 8.99. The van der Waals surface area contributed by atoms with Crippen molar-refractivity contribution in [3.63, 3.8) is 0 Å². The first-order valence-electron chi connectivity index (χ1n) is 4.78. The van der Waals surface area contributed by atoms with Crippen molar-refractivity contribution in [3.05, 3.63) is 36.3 Å². The summed E-state index contributed by atoms with van der Waals surface area (Å²) in [5, 5.41) is 15.8. The van der Waals surface area contributed by atoms with Gasteiger partial charge in [-0.3, -0.25) is 0 Å². The SMILES string of the molecule is COc1ccc(-c2cnnc(C(=O)O)n2)cc1. The van der Waals surface area contributed by atoms with Crippen molar-refractivity contribution in [2.75, 3.05) is 7.11 Å². The second-order valence-corrected chi connectivity index (χ2v) is 3.20. The molecule has 0 bridgehead atoms. The van der Waals surface area contributed by atoms with Gasteiger partial charge in [-0.2, -0.15) is 5.10 Å². The highest BCUT2D eigenvalue weighted by atomic mass is 16.5. The van der Waals surface area contributed by atoms with Gasteiger partial charge < -0.3 is 9.84 Å². The van der Waals surface area contributed by atoms with E-state index < -0.39 is 5.97 Å². The molecule has 0 aliphatic carbocycles. The van der Waals surface area contributed by atoms with E-state index in [9.17, 15) is 4.79 Å². The van der Waals surface area contributed by atoms with Crippen LogP contribution >= 0.6 is 0 Å². The maximum absolute atomic E-state index is 10.7. The average molecular weight is 231 g/mol. The Bertz CT molecular complexity index is 540. The van der Waals surface area contributed by atoms with Gasteiger partial charge in [0, 0.05) is 5.56 Å². The molecule has 0 fully saturated rings. The number of aromatic nitrogens is 3. The van der Waals surface area contributed by atoms with Gasteiger partial charge in [0.1, 0.15) is 5.75 Å². The van der Waals surface area contributed by atoms with Gasteiger partial charge in [0.15, 0.2) is 0 Å². The molecule has 6 heteroatoms. The molecule has 0 unspecified atom stereocenters. The van der Waals surface area contributed by atoms with E-state index in [1.54, 1.807) is 31.4 Å². The highest BCUT2D eigenvalue weighted by molar-refractivity contribution is 5.83. The van der Waals surface area contributed by atoms with Crippen LogP contribution in [0.5, 0.6) is 5.75 Å². The molecule has 1 heterocycles. The number of hydrogen-bond donors (Lipinski definition) is 1. The van der Waals surface area contributed by atoms with Crippen LogP contribution < -0.4 is 4.74 Å². The normalized spacial score (nSPS) is 9.94. The number of rotatable bonds is 3. The minimum atomic E-state index is -1.20. The van der Waals surface area contributed by atoms with Crippen LogP contribution in [0.1, 0.15) is 10.6 Å². The summed E-state index contributed by atoms with van der Waals surface area (Å²) in [6.45, 7) is 0. The summed E-state index contributed by atoms with van der Waals surface area (Å²) in [5.41, 5.74) is 1.21. The topological polar surface area (TPSA) is 85.2 Å². The van der Waals surface area contributed by atoms with Gasteiger partial charge >= 0.3 is 5.97 Å². The lowest BCUT2D eigenvalue weighted by Crippen LogP contribution is -2.06. The molecule has 0 spiro atoms. The Morgan fingerprint density at radius 1 is 1.29 bits per heavy atom. The number of ether oxygens (including phenoxy) is 1. The van der Waals surface area contributed by atoms with Gasteiger partial charge in [-0.15, -0.1) is 5.10 Å². The summed E-state index contributed by atoms with van der Waals surface area (Å²) in [6.07, 6.45) is 1.41. The third kappa shape index (κ3) is 2.36. The largest absolute Gasteiger partial charge is 0.497 e. The summed E-state index contributed by atoms with van der Waals surface area (Å²) in [6, 6.07) is 7.07. The van der Waals surface area contributed by atoms with Crippen molar-refractivity contribution in [3.8, 4) is 17.0 Å². The van der Waals surface area contributed by atoms with Crippen molar-refractivity contribution in [1.82, 2.24) is 15.2 Å². The molecular formula is C11H9N3O3. The Hall–Kier alpha value is -2.50. The highest BCUT2D eigenvalue weighted by Crippen LogP contribution is 2.19. The minimum absolute atomic E-state index is 0.321. The lowest BCUT2D eigenvalue weighted by Gasteiger charge is -2.02. The van der Waals surface area contributed by atoms with E-state index in [1.165, 1.54) is 6.20 Å². The monoisotopic (exact) mass is 231 g/mol. The minimum Gasteiger partial charge on any atom is -0.497 e. The first-order valence-corrected chi connectivity index (χ1v) is 4.78. The second kappa shape index (κ2) is 4.56. The summed E-state index contributed by atoms with van der Waals surface area (Å²) in [7, 11) is 1.57. The Morgan fingerprint density at radius 3 is 2.59 bits per heavy atom. The molecule has 0 aliphatic rings. The standard InChI is InChI=1S/C11H9N3O3/c1-17-8-4-2-7(3-5-8)9-6-12-14-10(13-9)11(15)16/h2-6H,1H3,(H,15,16). The maximum atomic E-state index is 10.7. The van der Waals surface area contributed by atoms with Crippen molar-refractivity contribution in [2.24, 2.45) is 0 Å². The van der Waals surface area contributed by atoms with Crippen LogP contribution in [0.4, 0.5) is 0 Å². The van der Waals surface area contributed by atoms with Crippen LogP contribution in [0.25, 0.3) is 11.3 Å². The number of methoxy groups -OCH3 is 1. The van der Waals surface area contributed by atoms with Crippen molar-refractivity contribution in [2.45, 2.75) is 0 Å². The number of hydrogen-bond acceptors (Lipinski definition) is 5. The highest BCUT2D eigenvalue weighted by Gasteiger charge is 2.09.